The number of halogens is 5. The molecule has 7 heteroatoms. The summed E-state index contributed by atoms with van der Waals surface area (Å²) in [6.45, 7) is 1.80. The maximum atomic E-state index is 13.3. The molecular weight excluding hydrogens is 300 g/mol. The number of nitrogens with zero attached hydrogens (tertiary/aromatic N) is 1. The zero-order valence-electron chi connectivity index (χ0n) is 9.97. The van der Waals surface area contributed by atoms with Gasteiger partial charge in [0.1, 0.15) is 6.04 Å². The summed E-state index contributed by atoms with van der Waals surface area (Å²) in [6, 6.07) is 2.45. The van der Waals surface area contributed by atoms with Gasteiger partial charge in [0.05, 0.1) is 10.0 Å². The maximum Gasteiger partial charge on any atom is 0.408 e. The predicted molar refractivity (Wildman–Crippen MR) is 69.7 cm³/mol. The Labute approximate surface area is 119 Å². The van der Waals surface area contributed by atoms with Crippen LogP contribution < -0.4 is 5.32 Å². The van der Waals surface area contributed by atoms with Crippen LogP contribution in [0, 0.1) is 0 Å². The Morgan fingerprint density at radius 3 is 2.26 bits per heavy atom. The molecule has 106 valence electrons. The lowest BCUT2D eigenvalue weighted by Gasteiger charge is -2.36. The summed E-state index contributed by atoms with van der Waals surface area (Å²) in [5.41, 5.74) is 0.129. The van der Waals surface area contributed by atoms with Gasteiger partial charge in [-0.2, -0.15) is 13.2 Å². The van der Waals surface area contributed by atoms with E-state index >= 15 is 0 Å². The maximum absolute atomic E-state index is 13.3. The van der Waals surface area contributed by atoms with Crippen molar-refractivity contribution in [3.05, 3.63) is 33.8 Å². The van der Waals surface area contributed by atoms with Crippen molar-refractivity contribution in [3.8, 4) is 0 Å². The normalized spacial score (nSPS) is 19.4. The Morgan fingerprint density at radius 1 is 1.11 bits per heavy atom. The molecule has 0 radical (unpaired) electrons. The fraction of sp³-hybridized carbons (Fsp3) is 0.500. The summed E-state index contributed by atoms with van der Waals surface area (Å²) in [4.78, 5) is 1.41. The van der Waals surface area contributed by atoms with Crippen LogP contribution in [0.15, 0.2) is 18.2 Å². The SMILES string of the molecule is FC(F)(F)[C@@H](c1ccc(Cl)c(Cl)c1)N1CCNCC1. The molecule has 2 nitrogen and oxygen atoms in total. The van der Waals surface area contributed by atoms with E-state index in [2.05, 4.69) is 5.32 Å². The van der Waals surface area contributed by atoms with E-state index in [1.807, 2.05) is 0 Å². The smallest absolute Gasteiger partial charge is 0.314 e. The third-order valence-electron chi connectivity index (χ3n) is 3.09. The van der Waals surface area contributed by atoms with Gasteiger partial charge < -0.3 is 5.32 Å². The molecule has 1 aliphatic heterocycles. The van der Waals surface area contributed by atoms with Gasteiger partial charge in [-0.3, -0.25) is 4.90 Å². The fourth-order valence-electron chi connectivity index (χ4n) is 2.23. The summed E-state index contributed by atoms with van der Waals surface area (Å²) >= 11 is 11.6. The van der Waals surface area contributed by atoms with Gasteiger partial charge in [0.25, 0.3) is 0 Å². The summed E-state index contributed by atoms with van der Waals surface area (Å²) in [5.74, 6) is 0. The number of benzene rings is 1. The zero-order chi connectivity index (χ0) is 14.0. The van der Waals surface area contributed by atoms with Gasteiger partial charge in [-0.1, -0.05) is 29.3 Å². The van der Waals surface area contributed by atoms with Gasteiger partial charge in [0.15, 0.2) is 0 Å². The van der Waals surface area contributed by atoms with E-state index in [1.165, 1.54) is 23.1 Å². The van der Waals surface area contributed by atoms with E-state index in [-0.39, 0.29) is 15.6 Å². The van der Waals surface area contributed by atoms with Crippen LogP contribution in [0.3, 0.4) is 0 Å². The van der Waals surface area contributed by atoms with Crippen LogP contribution >= 0.6 is 23.2 Å². The number of hydrogen-bond donors (Lipinski definition) is 1. The van der Waals surface area contributed by atoms with Crippen LogP contribution in [0.2, 0.25) is 10.0 Å². The van der Waals surface area contributed by atoms with Gasteiger partial charge in [-0.25, -0.2) is 0 Å². The zero-order valence-corrected chi connectivity index (χ0v) is 11.5. The standard InChI is InChI=1S/C12H13Cl2F3N2/c13-9-2-1-8(7-10(9)14)11(12(15,16)17)19-5-3-18-4-6-19/h1-2,7,11,18H,3-6H2/t11-/m1/s1. The van der Waals surface area contributed by atoms with E-state index in [0.717, 1.165) is 0 Å². The number of rotatable bonds is 2. The molecule has 2 rings (SSSR count). The topological polar surface area (TPSA) is 15.3 Å². The Balaban J connectivity index is 2.33. The third-order valence-corrected chi connectivity index (χ3v) is 3.83. The van der Waals surface area contributed by atoms with Crippen LogP contribution in [0.1, 0.15) is 11.6 Å². The lowest BCUT2D eigenvalue weighted by Crippen LogP contribution is -2.49. The number of nitrogens with one attached hydrogen (secondary N) is 1. The lowest BCUT2D eigenvalue weighted by atomic mass is 10.0. The van der Waals surface area contributed by atoms with Gasteiger partial charge in [0.2, 0.25) is 0 Å². The van der Waals surface area contributed by atoms with Crippen molar-refractivity contribution in [1.82, 2.24) is 10.2 Å². The Hall–Kier alpha value is -0.490. The Bertz CT molecular complexity index is 445. The molecule has 1 fully saturated rings. The fourth-order valence-corrected chi connectivity index (χ4v) is 2.54. The Kier molecular flexibility index (Phi) is 4.61. The molecule has 0 saturated carbocycles. The van der Waals surface area contributed by atoms with Crippen LogP contribution in [-0.4, -0.2) is 37.3 Å². The van der Waals surface area contributed by atoms with Crippen LogP contribution in [-0.2, 0) is 0 Å². The van der Waals surface area contributed by atoms with Crippen LogP contribution in [0.4, 0.5) is 13.2 Å². The van der Waals surface area contributed by atoms with Crippen LogP contribution in [0.5, 0.6) is 0 Å². The minimum Gasteiger partial charge on any atom is -0.314 e. The molecule has 1 saturated heterocycles. The average Bonchev–Trinajstić information content (AvgIpc) is 2.34. The van der Waals surface area contributed by atoms with Crippen LogP contribution in [0.25, 0.3) is 0 Å². The molecule has 1 atom stereocenters. The predicted octanol–water partition coefficient (Wildman–Crippen LogP) is 3.50. The van der Waals surface area contributed by atoms with Crippen molar-refractivity contribution < 1.29 is 13.2 Å². The highest BCUT2D eigenvalue weighted by molar-refractivity contribution is 6.42. The second kappa shape index (κ2) is 5.87. The first kappa shape index (κ1) is 14.9. The van der Waals surface area contributed by atoms with Gasteiger partial charge in [-0.15, -0.1) is 0 Å². The highest BCUT2D eigenvalue weighted by atomic mass is 35.5. The van der Waals surface area contributed by atoms with E-state index < -0.39 is 12.2 Å². The first-order valence-corrected chi connectivity index (χ1v) is 6.61. The van der Waals surface area contributed by atoms with Crippen molar-refractivity contribution in [2.75, 3.05) is 26.2 Å². The molecule has 0 amide bonds. The molecule has 0 bridgehead atoms. The molecule has 0 aromatic heterocycles. The summed E-state index contributed by atoms with van der Waals surface area (Å²) in [7, 11) is 0. The molecule has 0 aliphatic carbocycles. The molecule has 1 aromatic rings. The number of hydrogen-bond acceptors (Lipinski definition) is 2. The summed E-state index contributed by atoms with van der Waals surface area (Å²) in [6.07, 6.45) is -4.34. The van der Waals surface area contributed by atoms with E-state index in [9.17, 15) is 13.2 Å². The third kappa shape index (κ3) is 3.54. The van der Waals surface area contributed by atoms with Crippen molar-refractivity contribution in [1.29, 1.82) is 0 Å². The molecule has 0 spiro atoms. The minimum absolute atomic E-state index is 0.129. The largest absolute Gasteiger partial charge is 0.408 e. The Morgan fingerprint density at radius 2 is 1.74 bits per heavy atom. The number of alkyl halides is 3. The first-order chi connectivity index (χ1) is 8.89. The van der Waals surface area contributed by atoms with Gasteiger partial charge in [0, 0.05) is 26.2 Å². The molecule has 0 unspecified atom stereocenters. The van der Waals surface area contributed by atoms with Crippen molar-refractivity contribution in [2.24, 2.45) is 0 Å². The van der Waals surface area contributed by atoms with E-state index in [4.69, 9.17) is 23.2 Å². The second-order valence-corrected chi connectivity index (χ2v) is 5.22. The van der Waals surface area contributed by atoms with E-state index in [0.29, 0.717) is 26.2 Å². The molecule has 1 aromatic carbocycles. The molecule has 19 heavy (non-hydrogen) atoms. The van der Waals surface area contributed by atoms with Crippen molar-refractivity contribution in [3.63, 3.8) is 0 Å². The summed E-state index contributed by atoms with van der Waals surface area (Å²) < 4.78 is 39.9. The number of piperazine rings is 1. The van der Waals surface area contributed by atoms with Crippen molar-refractivity contribution >= 4 is 23.2 Å². The molecule has 1 heterocycles. The summed E-state index contributed by atoms with van der Waals surface area (Å²) in [5, 5.41) is 3.44. The minimum atomic E-state index is -4.34. The van der Waals surface area contributed by atoms with Gasteiger partial charge >= 0.3 is 6.18 Å². The highest BCUT2D eigenvalue weighted by Crippen LogP contribution is 2.39. The molecular formula is C12H13Cl2F3N2. The molecule has 1 N–H and O–H groups in total. The molecule has 1 aliphatic rings. The second-order valence-electron chi connectivity index (χ2n) is 4.40. The first-order valence-electron chi connectivity index (χ1n) is 5.86. The lowest BCUT2D eigenvalue weighted by molar-refractivity contribution is -0.187. The highest BCUT2D eigenvalue weighted by Gasteiger charge is 2.44. The monoisotopic (exact) mass is 312 g/mol. The van der Waals surface area contributed by atoms with Crippen molar-refractivity contribution in [2.45, 2.75) is 12.2 Å². The average molecular weight is 313 g/mol. The van der Waals surface area contributed by atoms with E-state index in [1.54, 1.807) is 0 Å². The quantitative estimate of drug-likeness (QED) is 0.899. The van der Waals surface area contributed by atoms with Gasteiger partial charge in [-0.05, 0) is 17.7 Å².